The molecule has 8 heteroatoms. The number of amides is 1. The molecule has 0 aliphatic rings. The molecule has 2 aromatic carbocycles. The lowest BCUT2D eigenvalue weighted by atomic mass is 10.2. The van der Waals surface area contributed by atoms with E-state index in [-0.39, 0.29) is 5.69 Å². The Morgan fingerprint density at radius 3 is 2.62 bits per heavy atom. The summed E-state index contributed by atoms with van der Waals surface area (Å²) in [6.07, 6.45) is 0. The number of H-pyrrole nitrogens is 1. The standard InChI is InChI=1S/C18H14N6O2/c1-11-9-16(25)17(22-24(11)13-5-3-2-4-6-13)18(26)19-12-7-8-14-15(10-12)21-23-20-14/h2-10H,1H3,(H,19,26)(H,20,21,23). The van der Waals surface area contributed by atoms with Crippen LogP contribution in [0.4, 0.5) is 5.69 Å². The van der Waals surface area contributed by atoms with E-state index in [1.807, 2.05) is 30.3 Å². The van der Waals surface area contributed by atoms with Gasteiger partial charge in [0.15, 0.2) is 5.69 Å². The molecular weight excluding hydrogens is 332 g/mol. The molecule has 2 heterocycles. The summed E-state index contributed by atoms with van der Waals surface area (Å²) in [5, 5.41) is 17.4. The first-order valence-electron chi connectivity index (χ1n) is 7.90. The van der Waals surface area contributed by atoms with Gasteiger partial charge in [-0.15, -0.1) is 0 Å². The van der Waals surface area contributed by atoms with Crippen LogP contribution in [0.1, 0.15) is 16.2 Å². The van der Waals surface area contributed by atoms with E-state index < -0.39 is 11.3 Å². The minimum Gasteiger partial charge on any atom is -0.320 e. The highest BCUT2D eigenvalue weighted by Gasteiger charge is 2.16. The van der Waals surface area contributed by atoms with Gasteiger partial charge in [0.2, 0.25) is 5.43 Å². The van der Waals surface area contributed by atoms with Crippen LogP contribution < -0.4 is 10.7 Å². The first kappa shape index (κ1) is 15.7. The third kappa shape index (κ3) is 2.84. The van der Waals surface area contributed by atoms with Crippen LogP contribution in [-0.4, -0.2) is 31.1 Å². The minimum atomic E-state index is -0.581. The third-order valence-corrected chi connectivity index (χ3v) is 3.90. The van der Waals surface area contributed by atoms with E-state index in [0.29, 0.717) is 22.4 Å². The van der Waals surface area contributed by atoms with Gasteiger partial charge in [0.25, 0.3) is 5.91 Å². The van der Waals surface area contributed by atoms with Gasteiger partial charge < -0.3 is 5.32 Å². The molecule has 0 bridgehead atoms. The Morgan fingerprint density at radius 2 is 1.81 bits per heavy atom. The van der Waals surface area contributed by atoms with E-state index in [1.165, 1.54) is 6.07 Å². The van der Waals surface area contributed by atoms with Crippen molar-refractivity contribution in [2.75, 3.05) is 5.32 Å². The minimum absolute atomic E-state index is 0.181. The maximum Gasteiger partial charge on any atom is 0.280 e. The molecule has 8 nitrogen and oxygen atoms in total. The number of rotatable bonds is 3. The van der Waals surface area contributed by atoms with Gasteiger partial charge >= 0.3 is 0 Å². The second-order valence-corrected chi connectivity index (χ2v) is 5.73. The predicted molar refractivity (Wildman–Crippen MR) is 96.4 cm³/mol. The number of aryl methyl sites for hydroxylation is 1. The molecule has 2 aromatic heterocycles. The second-order valence-electron chi connectivity index (χ2n) is 5.73. The molecule has 0 aliphatic carbocycles. The lowest BCUT2D eigenvalue weighted by Crippen LogP contribution is -2.26. The number of nitrogens with one attached hydrogen (secondary N) is 2. The summed E-state index contributed by atoms with van der Waals surface area (Å²) in [6.45, 7) is 1.77. The molecule has 0 spiro atoms. The zero-order valence-corrected chi connectivity index (χ0v) is 13.8. The van der Waals surface area contributed by atoms with E-state index in [1.54, 1.807) is 29.8 Å². The Balaban J connectivity index is 1.70. The molecule has 26 heavy (non-hydrogen) atoms. The molecular formula is C18H14N6O2. The molecule has 4 aromatic rings. The van der Waals surface area contributed by atoms with Crippen LogP contribution in [-0.2, 0) is 0 Å². The second kappa shape index (κ2) is 6.25. The molecule has 0 saturated carbocycles. The van der Waals surface area contributed by atoms with Gasteiger partial charge in [0.05, 0.1) is 5.69 Å². The number of aromatic amines is 1. The van der Waals surface area contributed by atoms with Crippen molar-refractivity contribution >= 4 is 22.6 Å². The van der Waals surface area contributed by atoms with Crippen molar-refractivity contribution in [3.05, 3.63) is 76.2 Å². The van der Waals surface area contributed by atoms with E-state index in [2.05, 4.69) is 25.8 Å². The topological polar surface area (TPSA) is 106 Å². The number of aromatic nitrogens is 5. The first-order chi connectivity index (χ1) is 12.6. The van der Waals surface area contributed by atoms with Gasteiger partial charge in [0.1, 0.15) is 11.0 Å². The van der Waals surface area contributed by atoms with Crippen molar-refractivity contribution in [2.24, 2.45) is 0 Å². The van der Waals surface area contributed by atoms with Crippen molar-refractivity contribution in [3.63, 3.8) is 0 Å². The number of nitrogens with zero attached hydrogens (tertiary/aromatic N) is 4. The maximum absolute atomic E-state index is 12.6. The van der Waals surface area contributed by atoms with Crippen LogP contribution in [0.25, 0.3) is 16.7 Å². The van der Waals surface area contributed by atoms with Crippen LogP contribution in [0, 0.1) is 6.92 Å². The largest absolute Gasteiger partial charge is 0.320 e. The first-order valence-corrected chi connectivity index (χ1v) is 7.90. The number of hydrogen-bond donors (Lipinski definition) is 2. The van der Waals surface area contributed by atoms with Crippen molar-refractivity contribution in [2.45, 2.75) is 6.92 Å². The fourth-order valence-corrected chi connectivity index (χ4v) is 2.64. The average Bonchev–Trinajstić information content (AvgIpc) is 3.10. The van der Waals surface area contributed by atoms with Gasteiger partial charge in [0, 0.05) is 17.4 Å². The number of fused-ring (bicyclic) bond motifs is 1. The summed E-state index contributed by atoms with van der Waals surface area (Å²) in [5.74, 6) is -0.581. The Hall–Kier alpha value is -3.81. The number of para-hydroxylation sites is 1. The highest BCUT2D eigenvalue weighted by Crippen LogP contribution is 2.15. The summed E-state index contributed by atoms with van der Waals surface area (Å²) >= 11 is 0. The Kier molecular flexibility index (Phi) is 3.77. The third-order valence-electron chi connectivity index (χ3n) is 3.90. The molecule has 0 radical (unpaired) electrons. The van der Waals surface area contributed by atoms with Crippen LogP contribution in [0.5, 0.6) is 0 Å². The number of anilines is 1. The van der Waals surface area contributed by atoms with E-state index in [4.69, 9.17) is 0 Å². The van der Waals surface area contributed by atoms with Crippen molar-refractivity contribution in [3.8, 4) is 5.69 Å². The highest BCUT2D eigenvalue weighted by molar-refractivity contribution is 6.03. The van der Waals surface area contributed by atoms with Gasteiger partial charge in [-0.3, -0.25) is 9.59 Å². The van der Waals surface area contributed by atoms with Crippen LogP contribution in [0.3, 0.4) is 0 Å². The molecule has 1 amide bonds. The molecule has 2 N–H and O–H groups in total. The summed E-state index contributed by atoms with van der Waals surface area (Å²) in [6, 6.07) is 15.8. The molecule has 4 rings (SSSR count). The summed E-state index contributed by atoms with van der Waals surface area (Å²) in [7, 11) is 0. The summed E-state index contributed by atoms with van der Waals surface area (Å²) < 4.78 is 1.57. The van der Waals surface area contributed by atoms with Gasteiger partial charge in [-0.05, 0) is 37.3 Å². The molecule has 128 valence electrons. The van der Waals surface area contributed by atoms with E-state index in [9.17, 15) is 9.59 Å². The molecule has 0 fully saturated rings. The fraction of sp³-hybridized carbons (Fsp3) is 0.0556. The Morgan fingerprint density at radius 1 is 1.04 bits per heavy atom. The number of carbonyl (C=O) groups excluding carboxylic acids is 1. The number of benzene rings is 2. The van der Waals surface area contributed by atoms with Crippen molar-refractivity contribution in [1.29, 1.82) is 0 Å². The van der Waals surface area contributed by atoms with Gasteiger partial charge in [-0.25, -0.2) is 4.68 Å². The quantitative estimate of drug-likeness (QED) is 0.591. The van der Waals surface area contributed by atoms with E-state index in [0.717, 1.165) is 5.69 Å². The number of carbonyl (C=O) groups is 1. The summed E-state index contributed by atoms with van der Waals surface area (Å²) in [5.41, 5.74) is 2.59. The average molecular weight is 346 g/mol. The van der Waals surface area contributed by atoms with Crippen molar-refractivity contribution < 1.29 is 4.79 Å². The van der Waals surface area contributed by atoms with Gasteiger partial charge in [-0.1, -0.05) is 18.2 Å². The predicted octanol–water partition coefficient (Wildman–Crippen LogP) is 2.06. The van der Waals surface area contributed by atoms with Crippen LogP contribution >= 0.6 is 0 Å². The zero-order chi connectivity index (χ0) is 18.1. The monoisotopic (exact) mass is 346 g/mol. The molecule has 0 aliphatic heterocycles. The van der Waals surface area contributed by atoms with Crippen LogP contribution in [0.2, 0.25) is 0 Å². The molecule has 0 unspecified atom stereocenters. The normalized spacial score (nSPS) is 10.8. The Labute approximate surface area is 147 Å². The smallest absolute Gasteiger partial charge is 0.280 e. The molecule has 0 atom stereocenters. The Bertz CT molecular complexity index is 1160. The van der Waals surface area contributed by atoms with Crippen molar-refractivity contribution in [1.82, 2.24) is 25.2 Å². The zero-order valence-electron chi connectivity index (χ0n) is 13.8. The van der Waals surface area contributed by atoms with E-state index >= 15 is 0 Å². The molecule has 0 saturated heterocycles. The van der Waals surface area contributed by atoms with Crippen LogP contribution in [0.15, 0.2) is 59.4 Å². The summed E-state index contributed by atoms with van der Waals surface area (Å²) in [4.78, 5) is 24.8. The highest BCUT2D eigenvalue weighted by atomic mass is 16.2. The fourth-order valence-electron chi connectivity index (χ4n) is 2.64. The SMILES string of the molecule is Cc1cc(=O)c(C(=O)Nc2ccc3n[nH]nc3c2)nn1-c1ccccc1. The number of hydrogen-bond acceptors (Lipinski definition) is 5. The maximum atomic E-state index is 12.6. The van der Waals surface area contributed by atoms with Gasteiger partial charge in [-0.2, -0.15) is 20.5 Å². The lowest BCUT2D eigenvalue weighted by molar-refractivity contribution is 0.101. The lowest BCUT2D eigenvalue weighted by Gasteiger charge is -2.11.